The zero-order chi connectivity index (χ0) is 13.0. The third-order valence-corrected chi connectivity index (χ3v) is 3.26. The molecule has 2 atom stereocenters. The summed E-state index contributed by atoms with van der Waals surface area (Å²) in [5, 5.41) is 21.4. The van der Waals surface area contributed by atoms with Crippen LogP contribution in [0, 0.1) is 0 Å². The molecule has 0 aromatic heterocycles. The van der Waals surface area contributed by atoms with Crippen LogP contribution in [0.4, 0.5) is 0 Å². The Bertz CT molecular complexity index is 414. The molecule has 0 heterocycles. The highest BCUT2D eigenvalue weighted by molar-refractivity contribution is 5.83. The predicted molar refractivity (Wildman–Crippen MR) is 69.3 cm³/mol. The Morgan fingerprint density at radius 2 is 2.06 bits per heavy atom. The van der Waals surface area contributed by atoms with E-state index in [1.807, 2.05) is 24.3 Å². The van der Waals surface area contributed by atoms with Gasteiger partial charge in [0.1, 0.15) is 11.9 Å². The average Bonchev–Trinajstić information content (AvgIpc) is 2.77. The first-order chi connectivity index (χ1) is 8.69. The van der Waals surface area contributed by atoms with Crippen molar-refractivity contribution in [1.82, 2.24) is 0 Å². The van der Waals surface area contributed by atoms with Gasteiger partial charge in [0.15, 0.2) is 0 Å². The average molecular weight is 249 g/mol. The van der Waals surface area contributed by atoms with E-state index >= 15 is 0 Å². The van der Waals surface area contributed by atoms with Crippen LogP contribution in [-0.4, -0.2) is 28.2 Å². The van der Waals surface area contributed by atoms with Gasteiger partial charge in [-0.05, 0) is 43.9 Å². The van der Waals surface area contributed by atoms with Crippen molar-refractivity contribution in [2.24, 2.45) is 5.16 Å². The Morgan fingerprint density at radius 1 is 1.33 bits per heavy atom. The second kappa shape index (κ2) is 5.87. The Hall–Kier alpha value is -1.55. The molecule has 0 bridgehead atoms. The summed E-state index contributed by atoms with van der Waals surface area (Å²) in [6.45, 7) is 1.78. The molecule has 1 aliphatic rings. The fourth-order valence-corrected chi connectivity index (χ4v) is 2.24. The van der Waals surface area contributed by atoms with E-state index in [2.05, 4.69) is 5.16 Å². The summed E-state index contributed by atoms with van der Waals surface area (Å²) in [4.78, 5) is 0. The Morgan fingerprint density at radius 3 is 2.61 bits per heavy atom. The van der Waals surface area contributed by atoms with Gasteiger partial charge in [0.05, 0.1) is 11.8 Å². The molecule has 0 amide bonds. The molecule has 1 aromatic rings. The summed E-state index contributed by atoms with van der Waals surface area (Å²) in [6, 6.07) is 7.69. The predicted octanol–water partition coefficient (Wildman–Crippen LogP) is 2.37. The SMILES string of the molecule is C/C(Cc1ccc(OC2CCCC2O)cc1)=N/O. The van der Waals surface area contributed by atoms with Gasteiger partial charge in [-0.15, -0.1) is 0 Å². The molecule has 1 saturated carbocycles. The second-order valence-corrected chi connectivity index (χ2v) is 4.81. The molecule has 1 aliphatic carbocycles. The maximum Gasteiger partial charge on any atom is 0.124 e. The van der Waals surface area contributed by atoms with Crippen molar-refractivity contribution in [3.63, 3.8) is 0 Å². The van der Waals surface area contributed by atoms with E-state index in [0.717, 1.165) is 30.6 Å². The molecule has 1 aromatic carbocycles. The largest absolute Gasteiger partial charge is 0.488 e. The number of hydrogen-bond acceptors (Lipinski definition) is 4. The second-order valence-electron chi connectivity index (χ2n) is 4.81. The van der Waals surface area contributed by atoms with E-state index in [1.54, 1.807) is 6.92 Å². The van der Waals surface area contributed by atoms with Gasteiger partial charge >= 0.3 is 0 Å². The Balaban J connectivity index is 1.95. The molecule has 18 heavy (non-hydrogen) atoms. The van der Waals surface area contributed by atoms with E-state index in [1.165, 1.54) is 0 Å². The fourth-order valence-electron chi connectivity index (χ4n) is 2.24. The minimum absolute atomic E-state index is 0.0726. The van der Waals surface area contributed by atoms with Crippen molar-refractivity contribution >= 4 is 5.71 Å². The third-order valence-electron chi connectivity index (χ3n) is 3.26. The first-order valence-corrected chi connectivity index (χ1v) is 6.30. The van der Waals surface area contributed by atoms with Crippen LogP contribution in [-0.2, 0) is 6.42 Å². The van der Waals surface area contributed by atoms with E-state index in [-0.39, 0.29) is 12.2 Å². The third kappa shape index (κ3) is 3.23. The molecule has 0 saturated heterocycles. The number of nitrogens with zero attached hydrogens (tertiary/aromatic N) is 1. The number of ether oxygens (including phenoxy) is 1. The van der Waals surface area contributed by atoms with Gasteiger partial charge in [-0.2, -0.15) is 0 Å². The molecule has 2 N–H and O–H groups in total. The van der Waals surface area contributed by atoms with Gasteiger partial charge in [-0.1, -0.05) is 17.3 Å². The van der Waals surface area contributed by atoms with Gasteiger partial charge in [-0.3, -0.25) is 0 Å². The molecule has 2 unspecified atom stereocenters. The molecule has 0 radical (unpaired) electrons. The molecule has 0 aliphatic heterocycles. The highest BCUT2D eigenvalue weighted by atomic mass is 16.5. The van der Waals surface area contributed by atoms with Gasteiger partial charge in [0.2, 0.25) is 0 Å². The molecule has 2 rings (SSSR count). The summed E-state index contributed by atoms with van der Waals surface area (Å²) in [7, 11) is 0. The number of aliphatic hydroxyl groups excluding tert-OH is 1. The van der Waals surface area contributed by atoms with Crippen LogP contribution in [0.5, 0.6) is 5.75 Å². The highest BCUT2D eigenvalue weighted by Crippen LogP contribution is 2.24. The van der Waals surface area contributed by atoms with Crippen molar-refractivity contribution in [3.05, 3.63) is 29.8 Å². The quantitative estimate of drug-likeness (QED) is 0.489. The summed E-state index contributed by atoms with van der Waals surface area (Å²) in [6.07, 6.45) is 2.98. The minimum Gasteiger partial charge on any atom is -0.488 e. The maximum atomic E-state index is 9.69. The summed E-state index contributed by atoms with van der Waals surface area (Å²) in [5.41, 5.74) is 1.75. The molecule has 98 valence electrons. The normalized spacial score (nSPS) is 24.2. The van der Waals surface area contributed by atoms with Gasteiger partial charge < -0.3 is 15.1 Å². The van der Waals surface area contributed by atoms with Crippen LogP contribution >= 0.6 is 0 Å². The Kier molecular flexibility index (Phi) is 4.20. The zero-order valence-electron chi connectivity index (χ0n) is 10.5. The molecule has 1 fully saturated rings. The molecule has 4 heteroatoms. The summed E-state index contributed by atoms with van der Waals surface area (Å²) >= 11 is 0. The van der Waals surface area contributed by atoms with Crippen LogP contribution in [0.25, 0.3) is 0 Å². The number of aliphatic hydroxyl groups is 1. The van der Waals surface area contributed by atoms with E-state index in [9.17, 15) is 5.11 Å². The summed E-state index contributed by atoms with van der Waals surface area (Å²) in [5.74, 6) is 0.781. The van der Waals surface area contributed by atoms with Crippen LogP contribution < -0.4 is 4.74 Å². The smallest absolute Gasteiger partial charge is 0.124 e. The van der Waals surface area contributed by atoms with Crippen molar-refractivity contribution in [2.45, 2.75) is 44.8 Å². The Labute approximate surface area is 107 Å². The highest BCUT2D eigenvalue weighted by Gasteiger charge is 2.26. The van der Waals surface area contributed by atoms with Crippen LogP contribution in [0.1, 0.15) is 31.7 Å². The number of rotatable bonds is 4. The first kappa shape index (κ1) is 12.9. The number of hydrogen-bond donors (Lipinski definition) is 2. The topological polar surface area (TPSA) is 62.0 Å². The monoisotopic (exact) mass is 249 g/mol. The lowest BCUT2D eigenvalue weighted by molar-refractivity contribution is 0.0604. The first-order valence-electron chi connectivity index (χ1n) is 6.30. The van der Waals surface area contributed by atoms with E-state index in [4.69, 9.17) is 9.94 Å². The summed E-state index contributed by atoms with van der Waals surface area (Å²) < 4.78 is 5.74. The van der Waals surface area contributed by atoms with E-state index in [0.29, 0.717) is 12.1 Å². The molecular formula is C14H19NO3. The number of oxime groups is 1. The minimum atomic E-state index is -0.339. The molecule has 4 nitrogen and oxygen atoms in total. The fraction of sp³-hybridized carbons (Fsp3) is 0.500. The van der Waals surface area contributed by atoms with Crippen molar-refractivity contribution in [2.75, 3.05) is 0 Å². The lowest BCUT2D eigenvalue weighted by atomic mass is 10.1. The van der Waals surface area contributed by atoms with E-state index < -0.39 is 0 Å². The zero-order valence-corrected chi connectivity index (χ0v) is 10.5. The van der Waals surface area contributed by atoms with Crippen LogP contribution in [0.3, 0.4) is 0 Å². The van der Waals surface area contributed by atoms with Crippen LogP contribution in [0.2, 0.25) is 0 Å². The van der Waals surface area contributed by atoms with Gasteiger partial charge in [-0.25, -0.2) is 0 Å². The van der Waals surface area contributed by atoms with Crippen LogP contribution in [0.15, 0.2) is 29.4 Å². The maximum absolute atomic E-state index is 9.69. The van der Waals surface area contributed by atoms with Crippen molar-refractivity contribution in [1.29, 1.82) is 0 Å². The van der Waals surface area contributed by atoms with Crippen molar-refractivity contribution in [3.8, 4) is 5.75 Å². The van der Waals surface area contributed by atoms with Gasteiger partial charge in [0.25, 0.3) is 0 Å². The lowest BCUT2D eigenvalue weighted by Gasteiger charge is -2.17. The van der Waals surface area contributed by atoms with Crippen molar-refractivity contribution < 1.29 is 15.1 Å². The molecule has 0 spiro atoms. The lowest BCUT2D eigenvalue weighted by Crippen LogP contribution is -2.25. The molecular weight excluding hydrogens is 230 g/mol. The van der Waals surface area contributed by atoms with Gasteiger partial charge in [0, 0.05) is 6.42 Å². The number of benzene rings is 1. The standard InChI is InChI=1S/C14H19NO3/c1-10(15-17)9-11-5-7-12(8-6-11)18-14-4-2-3-13(14)16/h5-8,13-14,16-17H,2-4,9H2,1H3/b15-10-.